The van der Waals surface area contributed by atoms with Crippen LogP contribution in [0.1, 0.15) is 53.9 Å². The molecule has 0 saturated heterocycles. The maximum absolute atomic E-state index is 13.2. The first kappa shape index (κ1) is 25.9. The third-order valence-corrected chi connectivity index (χ3v) is 5.99. The molecule has 8 heteroatoms. The van der Waals surface area contributed by atoms with E-state index in [1.807, 2.05) is 52.8 Å². The number of ketones is 1. The molecule has 7 nitrogen and oxygen atoms in total. The number of carbonyl (C=O) groups is 2. The maximum Gasteiger partial charge on any atom is 0.231 e. The first-order valence-electron chi connectivity index (χ1n) is 11.9. The fourth-order valence-corrected chi connectivity index (χ4v) is 3.58. The first-order valence-corrected chi connectivity index (χ1v) is 11.9. The van der Waals surface area contributed by atoms with Gasteiger partial charge in [-0.1, -0.05) is 25.5 Å². The van der Waals surface area contributed by atoms with Gasteiger partial charge in [0.2, 0.25) is 5.91 Å². The number of nitrogens with one attached hydrogen (secondary N) is 2. The lowest BCUT2D eigenvalue weighted by atomic mass is 9.98. The van der Waals surface area contributed by atoms with Gasteiger partial charge in [0.15, 0.2) is 5.78 Å². The zero-order valence-corrected chi connectivity index (χ0v) is 20.9. The summed E-state index contributed by atoms with van der Waals surface area (Å²) in [7, 11) is 0. The lowest BCUT2D eigenvalue weighted by molar-refractivity contribution is -0.117. The molecule has 0 aliphatic heterocycles. The van der Waals surface area contributed by atoms with Crippen LogP contribution >= 0.6 is 0 Å². The van der Waals surface area contributed by atoms with Crippen LogP contribution in [0.4, 0.5) is 16.0 Å². The number of hydrogen-bond acceptors (Lipinski definition) is 6. The second-order valence-electron chi connectivity index (χ2n) is 8.51. The minimum atomic E-state index is -1.08. The SMILES string of the molecule is C\C=C(Nc1ncccc1-c1cc(NC(=O)C2CC2F)ncn1)/C(C)=C\C(C(=O)CC)=C(/C)CC. The van der Waals surface area contributed by atoms with E-state index in [-0.39, 0.29) is 18.1 Å². The van der Waals surface area contributed by atoms with Gasteiger partial charge in [-0.3, -0.25) is 9.59 Å². The zero-order chi connectivity index (χ0) is 25.5. The standard InChI is InChI=1S/C27H32FN5O2/c1-6-16(4)19(24(34)8-3)12-17(5)22(7-2)32-26-18(10-9-11-29-26)23-14-25(31-15-30-23)33-27(35)20-13-21(20)28/h7,9-12,14-15,20-21H,6,8,13H2,1-5H3,(H,29,32)(H,30,31,33,35)/b17-12-,19-16-,22-7+. The maximum atomic E-state index is 13.2. The van der Waals surface area contributed by atoms with Crippen LogP contribution in [0.5, 0.6) is 0 Å². The summed E-state index contributed by atoms with van der Waals surface area (Å²) in [5.41, 5.74) is 4.75. The van der Waals surface area contributed by atoms with Crippen molar-refractivity contribution in [3.8, 4) is 11.3 Å². The average Bonchev–Trinajstić information content (AvgIpc) is 3.61. The number of alkyl halides is 1. The quantitative estimate of drug-likeness (QED) is 0.331. The highest BCUT2D eigenvalue weighted by atomic mass is 19.1. The second kappa shape index (κ2) is 11.6. The zero-order valence-electron chi connectivity index (χ0n) is 20.9. The smallest absolute Gasteiger partial charge is 0.231 e. The van der Waals surface area contributed by atoms with Gasteiger partial charge in [-0.05, 0) is 57.4 Å². The van der Waals surface area contributed by atoms with Crippen LogP contribution in [-0.4, -0.2) is 32.8 Å². The van der Waals surface area contributed by atoms with Gasteiger partial charge in [-0.2, -0.15) is 0 Å². The van der Waals surface area contributed by atoms with Gasteiger partial charge in [0.25, 0.3) is 0 Å². The van der Waals surface area contributed by atoms with E-state index in [4.69, 9.17) is 0 Å². The Kier molecular flexibility index (Phi) is 8.63. The molecule has 1 aliphatic carbocycles. The highest BCUT2D eigenvalue weighted by molar-refractivity contribution is 5.98. The summed E-state index contributed by atoms with van der Waals surface area (Å²) >= 11 is 0. The molecule has 0 bridgehead atoms. The molecule has 2 N–H and O–H groups in total. The summed E-state index contributed by atoms with van der Waals surface area (Å²) < 4.78 is 13.2. The highest BCUT2D eigenvalue weighted by Gasteiger charge is 2.43. The number of rotatable bonds is 10. The monoisotopic (exact) mass is 477 g/mol. The minimum absolute atomic E-state index is 0.110. The van der Waals surface area contributed by atoms with Crippen molar-refractivity contribution < 1.29 is 14.0 Å². The van der Waals surface area contributed by atoms with Crippen molar-refractivity contribution in [2.45, 2.75) is 60.1 Å². The Hall–Kier alpha value is -3.68. The number of carbonyl (C=O) groups excluding carboxylic acids is 2. The Morgan fingerprint density at radius 1 is 1.14 bits per heavy atom. The summed E-state index contributed by atoms with van der Waals surface area (Å²) in [5, 5.41) is 6.02. The molecular formula is C27H32FN5O2. The molecule has 0 aromatic carbocycles. The van der Waals surface area contributed by atoms with Crippen molar-refractivity contribution in [3.63, 3.8) is 0 Å². The van der Waals surface area contributed by atoms with Gasteiger partial charge in [-0.25, -0.2) is 19.3 Å². The molecule has 3 rings (SSSR count). The van der Waals surface area contributed by atoms with Crippen LogP contribution in [-0.2, 0) is 9.59 Å². The molecule has 0 radical (unpaired) electrons. The van der Waals surface area contributed by atoms with Gasteiger partial charge in [0.05, 0.1) is 11.6 Å². The summed E-state index contributed by atoms with van der Waals surface area (Å²) in [5.74, 6) is -0.00464. The van der Waals surface area contributed by atoms with Crippen molar-refractivity contribution in [2.24, 2.45) is 5.92 Å². The van der Waals surface area contributed by atoms with E-state index in [9.17, 15) is 14.0 Å². The Balaban J connectivity index is 1.88. The molecular weight excluding hydrogens is 445 g/mol. The van der Waals surface area contributed by atoms with Crippen molar-refractivity contribution in [1.29, 1.82) is 0 Å². The van der Waals surface area contributed by atoms with Crippen LogP contribution in [0.15, 0.2) is 65.3 Å². The van der Waals surface area contributed by atoms with Crippen LogP contribution in [0.25, 0.3) is 11.3 Å². The molecule has 1 amide bonds. The lowest BCUT2D eigenvalue weighted by Crippen LogP contribution is -2.16. The van der Waals surface area contributed by atoms with E-state index in [1.165, 1.54) is 6.33 Å². The lowest BCUT2D eigenvalue weighted by Gasteiger charge is -2.15. The average molecular weight is 478 g/mol. The number of anilines is 2. The molecule has 2 atom stereocenters. The number of pyridine rings is 1. The molecule has 2 aromatic heterocycles. The van der Waals surface area contributed by atoms with E-state index < -0.39 is 12.1 Å². The van der Waals surface area contributed by atoms with Crippen LogP contribution in [0, 0.1) is 5.92 Å². The van der Waals surface area contributed by atoms with Gasteiger partial charge in [0.1, 0.15) is 24.1 Å². The van der Waals surface area contributed by atoms with E-state index >= 15 is 0 Å². The van der Waals surface area contributed by atoms with Crippen LogP contribution < -0.4 is 10.6 Å². The number of halogens is 1. The van der Waals surface area contributed by atoms with Gasteiger partial charge >= 0.3 is 0 Å². The Labute approximate surface area is 205 Å². The summed E-state index contributed by atoms with van der Waals surface area (Å²) in [6.45, 7) is 9.74. The minimum Gasteiger partial charge on any atom is -0.340 e. The summed E-state index contributed by atoms with van der Waals surface area (Å²) in [4.78, 5) is 37.5. The van der Waals surface area contributed by atoms with Gasteiger partial charge in [0, 0.05) is 35.5 Å². The second-order valence-corrected chi connectivity index (χ2v) is 8.51. The van der Waals surface area contributed by atoms with Crippen molar-refractivity contribution in [1.82, 2.24) is 15.0 Å². The summed E-state index contributed by atoms with van der Waals surface area (Å²) in [6.07, 6.45) is 7.28. The molecule has 2 heterocycles. The van der Waals surface area contributed by atoms with E-state index in [0.29, 0.717) is 29.3 Å². The van der Waals surface area contributed by atoms with Crippen molar-refractivity contribution in [2.75, 3.05) is 10.6 Å². The molecule has 1 saturated carbocycles. The normalized spacial score (nSPS) is 18.6. The number of aromatic nitrogens is 3. The number of amides is 1. The fraction of sp³-hybridized carbons (Fsp3) is 0.370. The third kappa shape index (κ3) is 6.47. The molecule has 1 aliphatic rings. The topological polar surface area (TPSA) is 96.9 Å². The highest BCUT2D eigenvalue weighted by Crippen LogP contribution is 2.35. The van der Waals surface area contributed by atoms with E-state index in [1.54, 1.807) is 18.3 Å². The van der Waals surface area contributed by atoms with Crippen LogP contribution in [0.2, 0.25) is 0 Å². The third-order valence-electron chi connectivity index (χ3n) is 5.99. The molecule has 0 spiro atoms. The number of hydrogen-bond donors (Lipinski definition) is 2. The molecule has 2 unspecified atom stereocenters. The number of allylic oxidation sites excluding steroid dienone is 5. The largest absolute Gasteiger partial charge is 0.340 e. The molecule has 35 heavy (non-hydrogen) atoms. The predicted molar refractivity (Wildman–Crippen MR) is 136 cm³/mol. The number of Topliss-reactive ketones (excluding diaryl/α,β-unsaturated/α-hetero) is 1. The van der Waals surface area contributed by atoms with Crippen molar-refractivity contribution >= 4 is 23.3 Å². The van der Waals surface area contributed by atoms with Gasteiger partial charge < -0.3 is 10.6 Å². The Morgan fingerprint density at radius 3 is 2.51 bits per heavy atom. The van der Waals surface area contributed by atoms with Crippen LogP contribution in [0.3, 0.4) is 0 Å². The van der Waals surface area contributed by atoms with Gasteiger partial charge in [-0.15, -0.1) is 0 Å². The Morgan fingerprint density at radius 2 is 1.89 bits per heavy atom. The molecule has 1 fully saturated rings. The van der Waals surface area contributed by atoms with Crippen molar-refractivity contribution in [3.05, 3.63) is 65.3 Å². The van der Waals surface area contributed by atoms with E-state index in [0.717, 1.165) is 28.8 Å². The number of nitrogens with zero attached hydrogens (tertiary/aromatic N) is 3. The fourth-order valence-electron chi connectivity index (χ4n) is 3.58. The molecule has 2 aromatic rings. The van der Waals surface area contributed by atoms with E-state index in [2.05, 4.69) is 25.6 Å². The summed E-state index contributed by atoms with van der Waals surface area (Å²) in [6, 6.07) is 5.29. The molecule has 184 valence electrons. The Bertz CT molecular complexity index is 1200. The first-order chi connectivity index (χ1) is 16.8. The predicted octanol–water partition coefficient (Wildman–Crippen LogP) is 5.80.